The van der Waals surface area contributed by atoms with E-state index in [-0.39, 0.29) is 11.7 Å². The van der Waals surface area contributed by atoms with Crippen LogP contribution in [0.25, 0.3) is 0 Å². The Morgan fingerprint density at radius 2 is 1.86 bits per heavy atom. The fraction of sp³-hybridized carbons (Fsp3) is 0.643. The Bertz CT molecular complexity index is 502. The van der Waals surface area contributed by atoms with Gasteiger partial charge in [-0.1, -0.05) is 19.3 Å². The van der Waals surface area contributed by atoms with Crippen LogP contribution >= 0.6 is 0 Å². The van der Waals surface area contributed by atoms with E-state index < -0.39 is 6.43 Å². The lowest BCUT2D eigenvalue weighted by atomic mass is 9.94. The summed E-state index contributed by atoms with van der Waals surface area (Å²) >= 11 is 0. The van der Waals surface area contributed by atoms with Crippen molar-refractivity contribution in [1.82, 2.24) is 14.9 Å². The Labute approximate surface area is 122 Å². The van der Waals surface area contributed by atoms with Crippen LogP contribution in [-0.4, -0.2) is 40.0 Å². The third-order valence-electron chi connectivity index (χ3n) is 4.21. The highest BCUT2D eigenvalue weighted by Gasteiger charge is 2.35. The van der Waals surface area contributed by atoms with Gasteiger partial charge in [0.1, 0.15) is 5.69 Å². The van der Waals surface area contributed by atoms with Crippen molar-refractivity contribution in [1.29, 1.82) is 0 Å². The summed E-state index contributed by atoms with van der Waals surface area (Å²) in [5.74, 6) is 0.350. The Balaban J connectivity index is 1.70. The van der Waals surface area contributed by atoms with E-state index >= 15 is 0 Å². The van der Waals surface area contributed by atoms with Crippen molar-refractivity contribution in [2.75, 3.05) is 18.0 Å². The molecule has 2 heterocycles. The average molecular weight is 296 g/mol. The predicted molar refractivity (Wildman–Crippen MR) is 73.3 cm³/mol. The van der Waals surface area contributed by atoms with E-state index in [2.05, 4.69) is 9.97 Å². The minimum absolute atomic E-state index is 0.0824. The minimum atomic E-state index is -2.64. The van der Waals surface area contributed by atoms with Gasteiger partial charge in [-0.05, 0) is 12.8 Å². The molecule has 1 aromatic heterocycles. The normalized spacial score (nSPS) is 20.6. The molecule has 114 valence electrons. The number of urea groups is 1. The molecule has 1 aromatic rings. The molecule has 21 heavy (non-hydrogen) atoms. The van der Waals surface area contributed by atoms with Gasteiger partial charge in [-0.15, -0.1) is 0 Å². The molecule has 0 unspecified atom stereocenters. The van der Waals surface area contributed by atoms with Crippen molar-refractivity contribution in [3.8, 4) is 0 Å². The molecule has 0 radical (unpaired) electrons. The number of carbonyl (C=O) groups is 1. The molecular formula is C14H18F2N4O. The summed E-state index contributed by atoms with van der Waals surface area (Å²) in [5.41, 5.74) is -0.366. The highest BCUT2D eigenvalue weighted by molar-refractivity contribution is 5.93. The number of hydrogen-bond donors (Lipinski definition) is 0. The highest BCUT2D eigenvalue weighted by atomic mass is 19.3. The van der Waals surface area contributed by atoms with Gasteiger partial charge >= 0.3 is 6.03 Å². The van der Waals surface area contributed by atoms with E-state index in [1.165, 1.54) is 17.5 Å². The number of carbonyl (C=O) groups excluding carboxylic acids is 1. The monoisotopic (exact) mass is 296 g/mol. The van der Waals surface area contributed by atoms with E-state index in [9.17, 15) is 13.6 Å². The zero-order chi connectivity index (χ0) is 14.8. The first-order valence-corrected chi connectivity index (χ1v) is 7.35. The lowest BCUT2D eigenvalue weighted by molar-refractivity contribution is 0.145. The van der Waals surface area contributed by atoms with Crippen LogP contribution in [0.2, 0.25) is 0 Å². The topological polar surface area (TPSA) is 49.3 Å². The van der Waals surface area contributed by atoms with Crippen molar-refractivity contribution >= 4 is 11.8 Å². The summed E-state index contributed by atoms with van der Waals surface area (Å²) in [5, 5.41) is 0. The number of alkyl halides is 2. The summed E-state index contributed by atoms with van der Waals surface area (Å²) in [6, 6.07) is 0.227. The number of amides is 2. The first-order chi connectivity index (χ1) is 10.2. The summed E-state index contributed by atoms with van der Waals surface area (Å²) < 4.78 is 24.9. The number of anilines is 1. The first-order valence-electron chi connectivity index (χ1n) is 7.35. The summed E-state index contributed by atoms with van der Waals surface area (Å²) in [4.78, 5) is 23.5. The van der Waals surface area contributed by atoms with Crippen LogP contribution in [0.15, 0.2) is 12.4 Å². The second-order valence-corrected chi connectivity index (χ2v) is 5.52. The Hall–Kier alpha value is -1.79. The molecule has 2 aliphatic rings. The third-order valence-corrected chi connectivity index (χ3v) is 4.21. The second-order valence-electron chi connectivity index (χ2n) is 5.52. The lowest BCUT2D eigenvalue weighted by Crippen LogP contribution is -2.40. The molecule has 3 rings (SSSR count). The summed E-state index contributed by atoms with van der Waals surface area (Å²) in [7, 11) is 0. The first kappa shape index (κ1) is 14.2. The van der Waals surface area contributed by atoms with E-state index in [0.29, 0.717) is 24.9 Å². The minimum Gasteiger partial charge on any atom is -0.320 e. The number of aromatic nitrogens is 2. The van der Waals surface area contributed by atoms with Gasteiger partial charge in [0.25, 0.3) is 6.43 Å². The van der Waals surface area contributed by atoms with Crippen molar-refractivity contribution in [2.45, 2.75) is 44.6 Å². The van der Waals surface area contributed by atoms with Crippen LogP contribution in [0.4, 0.5) is 19.4 Å². The zero-order valence-electron chi connectivity index (χ0n) is 11.7. The van der Waals surface area contributed by atoms with Gasteiger partial charge in [-0.2, -0.15) is 0 Å². The van der Waals surface area contributed by atoms with Crippen LogP contribution < -0.4 is 4.90 Å². The number of halogens is 2. The van der Waals surface area contributed by atoms with E-state index in [4.69, 9.17) is 0 Å². The van der Waals surface area contributed by atoms with E-state index in [1.807, 2.05) is 4.90 Å². The number of rotatable bonds is 3. The number of hydrogen-bond acceptors (Lipinski definition) is 3. The third kappa shape index (κ3) is 2.82. The Kier molecular flexibility index (Phi) is 3.98. The fourth-order valence-corrected chi connectivity index (χ4v) is 3.08. The Morgan fingerprint density at radius 3 is 2.48 bits per heavy atom. The maximum Gasteiger partial charge on any atom is 0.326 e. The van der Waals surface area contributed by atoms with Crippen molar-refractivity contribution in [2.24, 2.45) is 0 Å². The molecule has 1 aliphatic carbocycles. The molecule has 0 atom stereocenters. The standard InChI is InChI=1S/C14H18F2N4O/c15-13(16)11-8-18-12(9-17-11)20-7-6-19(14(20)21)10-4-2-1-3-5-10/h8-10,13H,1-7H2. The fourth-order valence-electron chi connectivity index (χ4n) is 3.08. The van der Waals surface area contributed by atoms with Crippen molar-refractivity contribution in [3.63, 3.8) is 0 Å². The summed E-state index contributed by atoms with van der Waals surface area (Å²) in [6.45, 7) is 1.21. The van der Waals surface area contributed by atoms with E-state index in [0.717, 1.165) is 31.9 Å². The molecule has 0 bridgehead atoms. The van der Waals surface area contributed by atoms with Crippen LogP contribution in [0.1, 0.15) is 44.2 Å². The summed E-state index contributed by atoms with van der Waals surface area (Å²) in [6.07, 6.45) is 5.32. The van der Waals surface area contributed by atoms with Crippen molar-refractivity contribution < 1.29 is 13.6 Å². The average Bonchev–Trinajstić information content (AvgIpc) is 2.90. The van der Waals surface area contributed by atoms with Gasteiger partial charge in [0.05, 0.1) is 12.4 Å². The van der Waals surface area contributed by atoms with Gasteiger partial charge in [0.15, 0.2) is 5.82 Å². The molecule has 2 fully saturated rings. The van der Waals surface area contributed by atoms with Gasteiger partial charge in [0, 0.05) is 19.1 Å². The van der Waals surface area contributed by atoms with E-state index in [1.54, 1.807) is 0 Å². The Morgan fingerprint density at radius 1 is 1.10 bits per heavy atom. The SMILES string of the molecule is O=C1N(c2cnc(C(F)F)cn2)CCN1C1CCCCC1. The maximum atomic E-state index is 12.5. The molecule has 7 heteroatoms. The largest absolute Gasteiger partial charge is 0.326 e. The smallest absolute Gasteiger partial charge is 0.320 e. The second kappa shape index (κ2) is 5.91. The molecule has 5 nitrogen and oxygen atoms in total. The van der Waals surface area contributed by atoms with Crippen LogP contribution in [0.5, 0.6) is 0 Å². The molecule has 2 amide bonds. The predicted octanol–water partition coefficient (Wildman–Crippen LogP) is 2.99. The zero-order valence-corrected chi connectivity index (χ0v) is 11.7. The van der Waals surface area contributed by atoms with Crippen LogP contribution in [0.3, 0.4) is 0 Å². The lowest BCUT2D eigenvalue weighted by Gasteiger charge is -2.30. The van der Waals surface area contributed by atoms with Gasteiger partial charge in [-0.3, -0.25) is 4.90 Å². The molecule has 1 saturated carbocycles. The van der Waals surface area contributed by atoms with Gasteiger partial charge in [-0.25, -0.2) is 23.5 Å². The van der Waals surface area contributed by atoms with Crippen LogP contribution in [0, 0.1) is 0 Å². The molecule has 0 spiro atoms. The molecular weight excluding hydrogens is 278 g/mol. The molecule has 0 aromatic carbocycles. The van der Waals surface area contributed by atoms with Crippen LogP contribution in [-0.2, 0) is 0 Å². The molecule has 0 N–H and O–H groups in total. The molecule has 1 aliphatic heterocycles. The van der Waals surface area contributed by atoms with Gasteiger partial charge < -0.3 is 4.90 Å². The quantitative estimate of drug-likeness (QED) is 0.861. The maximum absolute atomic E-state index is 12.5. The van der Waals surface area contributed by atoms with Crippen molar-refractivity contribution in [3.05, 3.63) is 18.1 Å². The van der Waals surface area contributed by atoms with Gasteiger partial charge in [0.2, 0.25) is 0 Å². The molecule has 1 saturated heterocycles. The highest BCUT2D eigenvalue weighted by Crippen LogP contribution is 2.27. The number of nitrogens with zero attached hydrogens (tertiary/aromatic N) is 4.